The van der Waals surface area contributed by atoms with Crippen molar-refractivity contribution >= 4 is 28.2 Å². The molecule has 1 fully saturated rings. The number of non-ortho nitro benzene ring substituents is 1. The molecule has 2 aromatic rings. The Morgan fingerprint density at radius 3 is 3.00 bits per heavy atom. The molecule has 7 heteroatoms. The van der Waals surface area contributed by atoms with Gasteiger partial charge >= 0.3 is 0 Å². The van der Waals surface area contributed by atoms with Crippen molar-refractivity contribution in [3.05, 3.63) is 40.6 Å². The van der Waals surface area contributed by atoms with Crippen LogP contribution in [0.15, 0.2) is 30.5 Å². The van der Waals surface area contributed by atoms with Gasteiger partial charge in [-0.3, -0.25) is 14.9 Å². The summed E-state index contributed by atoms with van der Waals surface area (Å²) in [6.45, 7) is 0.694. The molecule has 1 amide bonds. The second-order valence-corrected chi connectivity index (χ2v) is 4.92. The maximum Gasteiger partial charge on any atom is 0.295 e. The number of nitrogens with zero attached hydrogens (tertiary/aromatic N) is 2. The van der Waals surface area contributed by atoms with Gasteiger partial charge < -0.3 is 10.6 Å². The first kappa shape index (κ1) is 13.3. The van der Waals surface area contributed by atoms with Gasteiger partial charge in [0.05, 0.1) is 4.92 Å². The second kappa shape index (κ2) is 5.35. The Morgan fingerprint density at radius 2 is 2.24 bits per heavy atom. The number of hydrogen-bond donors (Lipinski definition) is 2. The van der Waals surface area contributed by atoms with Gasteiger partial charge in [-0.2, -0.15) is 0 Å². The standard InChI is InChI=1S/C14H14N4O3/c19-14-11(4-2-8-16-14)17-10-5-6-12(18(20)21)13-9(10)3-1-7-15-13/h1,3,5-7,11,17H,2,4,8H2,(H,16,19). The lowest BCUT2D eigenvalue weighted by atomic mass is 10.1. The zero-order chi connectivity index (χ0) is 14.8. The summed E-state index contributed by atoms with van der Waals surface area (Å²) < 4.78 is 0. The van der Waals surface area contributed by atoms with Crippen LogP contribution in [0.4, 0.5) is 11.4 Å². The number of aromatic nitrogens is 1. The summed E-state index contributed by atoms with van der Waals surface area (Å²) in [5.41, 5.74) is 0.971. The molecular formula is C14H14N4O3. The maximum atomic E-state index is 11.8. The highest BCUT2D eigenvalue weighted by Gasteiger charge is 2.23. The van der Waals surface area contributed by atoms with Crippen molar-refractivity contribution in [2.24, 2.45) is 0 Å². The van der Waals surface area contributed by atoms with Crippen LogP contribution in [0, 0.1) is 10.1 Å². The third-order valence-corrected chi connectivity index (χ3v) is 3.56. The molecule has 1 saturated heterocycles. The van der Waals surface area contributed by atoms with Gasteiger partial charge in [0.1, 0.15) is 11.6 Å². The molecule has 3 rings (SSSR count). The number of anilines is 1. The Bertz CT molecular complexity index is 716. The number of rotatable bonds is 3. The number of pyridine rings is 1. The molecule has 0 saturated carbocycles. The first-order valence-electron chi connectivity index (χ1n) is 6.73. The minimum atomic E-state index is -0.452. The molecule has 108 valence electrons. The van der Waals surface area contributed by atoms with Gasteiger partial charge in [0, 0.05) is 29.9 Å². The van der Waals surface area contributed by atoms with E-state index >= 15 is 0 Å². The van der Waals surface area contributed by atoms with Gasteiger partial charge in [0.2, 0.25) is 5.91 Å². The highest BCUT2D eigenvalue weighted by atomic mass is 16.6. The number of benzene rings is 1. The first-order valence-corrected chi connectivity index (χ1v) is 6.73. The molecule has 0 bridgehead atoms. The smallest absolute Gasteiger partial charge is 0.295 e. The molecule has 0 radical (unpaired) electrons. The Balaban J connectivity index is 2.01. The Morgan fingerprint density at radius 1 is 1.38 bits per heavy atom. The lowest BCUT2D eigenvalue weighted by molar-refractivity contribution is -0.383. The van der Waals surface area contributed by atoms with Crippen LogP contribution in [-0.4, -0.2) is 28.4 Å². The second-order valence-electron chi connectivity index (χ2n) is 4.92. The van der Waals surface area contributed by atoms with Crippen LogP contribution in [0.25, 0.3) is 10.9 Å². The van der Waals surface area contributed by atoms with E-state index in [2.05, 4.69) is 15.6 Å². The number of hydrogen-bond acceptors (Lipinski definition) is 5. The molecule has 0 aliphatic carbocycles. The molecule has 7 nitrogen and oxygen atoms in total. The maximum absolute atomic E-state index is 11.8. The van der Waals surface area contributed by atoms with E-state index < -0.39 is 4.92 Å². The Hall–Kier alpha value is -2.70. The quantitative estimate of drug-likeness (QED) is 0.662. The van der Waals surface area contributed by atoms with Crippen molar-refractivity contribution in [1.82, 2.24) is 10.3 Å². The predicted molar refractivity (Wildman–Crippen MR) is 78.1 cm³/mol. The summed E-state index contributed by atoms with van der Waals surface area (Å²) in [7, 11) is 0. The fourth-order valence-corrected chi connectivity index (χ4v) is 2.53. The zero-order valence-electron chi connectivity index (χ0n) is 11.2. The van der Waals surface area contributed by atoms with Crippen LogP contribution >= 0.6 is 0 Å². The molecule has 2 heterocycles. The number of nitro benzene ring substituents is 1. The minimum absolute atomic E-state index is 0.0377. The monoisotopic (exact) mass is 286 g/mol. The van der Waals surface area contributed by atoms with Crippen molar-refractivity contribution < 1.29 is 9.72 Å². The van der Waals surface area contributed by atoms with Crippen LogP contribution in [0.1, 0.15) is 12.8 Å². The molecule has 1 aromatic heterocycles. The van der Waals surface area contributed by atoms with E-state index in [1.54, 1.807) is 18.2 Å². The molecule has 1 unspecified atom stereocenters. The van der Waals surface area contributed by atoms with Gasteiger partial charge in [0.15, 0.2) is 0 Å². The van der Waals surface area contributed by atoms with Crippen LogP contribution in [0.3, 0.4) is 0 Å². The van der Waals surface area contributed by atoms with Gasteiger partial charge in [-0.15, -0.1) is 0 Å². The number of carbonyl (C=O) groups excluding carboxylic acids is 1. The van der Waals surface area contributed by atoms with Crippen LogP contribution < -0.4 is 10.6 Å². The van der Waals surface area contributed by atoms with Crippen molar-refractivity contribution in [3.8, 4) is 0 Å². The van der Waals surface area contributed by atoms with E-state index in [1.165, 1.54) is 12.3 Å². The average molecular weight is 286 g/mol. The number of fused-ring (bicyclic) bond motifs is 1. The summed E-state index contributed by atoms with van der Waals surface area (Å²) in [5, 5.41) is 17.7. The van der Waals surface area contributed by atoms with Crippen LogP contribution in [0.2, 0.25) is 0 Å². The zero-order valence-corrected chi connectivity index (χ0v) is 11.2. The number of carbonyl (C=O) groups is 1. The normalized spacial score (nSPS) is 18.3. The SMILES string of the molecule is O=C1NCCCC1Nc1ccc([N+](=O)[O-])c2ncccc12. The largest absolute Gasteiger partial charge is 0.373 e. The molecule has 2 N–H and O–H groups in total. The van der Waals surface area contributed by atoms with Crippen molar-refractivity contribution in [2.75, 3.05) is 11.9 Å². The Labute approximate surface area is 120 Å². The molecule has 1 aliphatic rings. The van der Waals surface area contributed by atoms with Crippen molar-refractivity contribution in [3.63, 3.8) is 0 Å². The minimum Gasteiger partial charge on any atom is -0.373 e. The molecule has 21 heavy (non-hydrogen) atoms. The average Bonchev–Trinajstić information content (AvgIpc) is 2.49. The van der Waals surface area contributed by atoms with Crippen molar-refractivity contribution in [1.29, 1.82) is 0 Å². The molecular weight excluding hydrogens is 272 g/mol. The third kappa shape index (κ3) is 2.49. The van der Waals surface area contributed by atoms with E-state index in [1.807, 2.05) is 0 Å². The van der Waals surface area contributed by atoms with Crippen LogP contribution in [-0.2, 0) is 4.79 Å². The topological polar surface area (TPSA) is 97.2 Å². The van der Waals surface area contributed by atoms with Gasteiger partial charge in [-0.1, -0.05) is 0 Å². The van der Waals surface area contributed by atoms with E-state index in [0.717, 1.165) is 12.8 Å². The van der Waals surface area contributed by atoms with E-state index in [9.17, 15) is 14.9 Å². The molecule has 1 aliphatic heterocycles. The summed E-state index contributed by atoms with van der Waals surface area (Å²) in [5.74, 6) is -0.0448. The fourth-order valence-electron chi connectivity index (χ4n) is 2.53. The lowest BCUT2D eigenvalue weighted by Crippen LogP contribution is -2.44. The third-order valence-electron chi connectivity index (χ3n) is 3.56. The van der Waals surface area contributed by atoms with Gasteiger partial charge in [-0.05, 0) is 31.0 Å². The summed E-state index contributed by atoms with van der Waals surface area (Å²) >= 11 is 0. The van der Waals surface area contributed by atoms with Crippen molar-refractivity contribution in [2.45, 2.75) is 18.9 Å². The van der Waals surface area contributed by atoms with E-state index in [-0.39, 0.29) is 17.6 Å². The fraction of sp³-hybridized carbons (Fsp3) is 0.286. The highest BCUT2D eigenvalue weighted by Crippen LogP contribution is 2.30. The highest BCUT2D eigenvalue weighted by molar-refractivity contribution is 5.98. The first-order chi connectivity index (χ1) is 10.2. The lowest BCUT2D eigenvalue weighted by Gasteiger charge is -2.24. The molecule has 1 atom stereocenters. The molecule has 0 spiro atoms. The van der Waals surface area contributed by atoms with Crippen LogP contribution in [0.5, 0.6) is 0 Å². The van der Waals surface area contributed by atoms with E-state index in [0.29, 0.717) is 23.1 Å². The van der Waals surface area contributed by atoms with Gasteiger partial charge in [-0.25, -0.2) is 4.98 Å². The number of nitro groups is 1. The summed E-state index contributed by atoms with van der Waals surface area (Å²) in [4.78, 5) is 26.5. The number of amides is 1. The number of piperidine rings is 1. The predicted octanol–water partition coefficient (Wildman–Crippen LogP) is 1.83. The van der Waals surface area contributed by atoms with Gasteiger partial charge in [0.25, 0.3) is 5.69 Å². The Kier molecular flexibility index (Phi) is 3.39. The number of nitrogens with one attached hydrogen (secondary N) is 2. The van der Waals surface area contributed by atoms with E-state index in [4.69, 9.17) is 0 Å². The summed E-state index contributed by atoms with van der Waals surface area (Å²) in [6.07, 6.45) is 3.17. The molecule has 1 aromatic carbocycles. The summed E-state index contributed by atoms with van der Waals surface area (Å²) in [6, 6.07) is 6.21.